The van der Waals surface area contributed by atoms with Gasteiger partial charge in [0.25, 0.3) is 0 Å². The van der Waals surface area contributed by atoms with Crippen molar-refractivity contribution in [1.82, 2.24) is 25.0 Å². The summed E-state index contributed by atoms with van der Waals surface area (Å²) in [7, 11) is 0. The van der Waals surface area contributed by atoms with Crippen LogP contribution in [0.15, 0.2) is 35.4 Å². The van der Waals surface area contributed by atoms with Crippen LogP contribution >= 0.6 is 12.2 Å². The molecule has 1 saturated carbocycles. The molecular formula is C17H18N6OS. The maximum atomic E-state index is 5.70. The second-order valence-electron chi connectivity index (χ2n) is 6.77. The normalized spacial score (nSPS) is 19.4. The summed E-state index contributed by atoms with van der Waals surface area (Å²) in [6.07, 6.45) is 8.49. The molecular weight excluding hydrogens is 336 g/mol. The van der Waals surface area contributed by atoms with E-state index in [9.17, 15) is 0 Å². The van der Waals surface area contributed by atoms with Crippen LogP contribution < -0.4 is 4.90 Å². The van der Waals surface area contributed by atoms with Crippen molar-refractivity contribution in [2.45, 2.75) is 24.8 Å². The number of hydrogen-bond acceptors (Lipinski definition) is 6. The van der Waals surface area contributed by atoms with Gasteiger partial charge in [-0.3, -0.25) is 0 Å². The molecule has 3 aromatic rings. The first-order valence-electron chi connectivity index (χ1n) is 8.53. The molecule has 128 valence electrons. The van der Waals surface area contributed by atoms with Gasteiger partial charge in [0, 0.05) is 31.9 Å². The summed E-state index contributed by atoms with van der Waals surface area (Å²) in [5.41, 5.74) is 0.960. The number of thiocarbonyl (C=S) groups is 1. The minimum absolute atomic E-state index is 0.0773. The van der Waals surface area contributed by atoms with Crippen molar-refractivity contribution < 1.29 is 4.52 Å². The molecule has 0 unspecified atom stereocenters. The number of H-pyrrole nitrogens is 1. The number of aromatic nitrogens is 4. The van der Waals surface area contributed by atoms with Crippen molar-refractivity contribution in [3.05, 3.63) is 36.6 Å². The first-order chi connectivity index (χ1) is 12.3. The van der Waals surface area contributed by atoms with Gasteiger partial charge >= 0.3 is 0 Å². The maximum absolute atomic E-state index is 5.70. The van der Waals surface area contributed by atoms with Gasteiger partial charge in [-0.25, -0.2) is 9.97 Å². The smallest absolute Gasteiger partial charge is 0.194 e. The Morgan fingerprint density at radius 3 is 2.96 bits per heavy atom. The minimum atomic E-state index is 0.0773. The third-order valence-corrected chi connectivity index (χ3v) is 5.64. The van der Waals surface area contributed by atoms with Gasteiger partial charge in [-0.2, -0.15) is 0 Å². The van der Waals surface area contributed by atoms with Gasteiger partial charge in [0.2, 0.25) is 0 Å². The second-order valence-corrected chi connectivity index (χ2v) is 7.16. The molecule has 8 heteroatoms. The van der Waals surface area contributed by atoms with Crippen molar-refractivity contribution in [2.24, 2.45) is 0 Å². The minimum Gasteiger partial charge on any atom is -0.354 e. The summed E-state index contributed by atoms with van der Waals surface area (Å²) >= 11 is 5.70. The number of nitrogens with zero attached hydrogens (tertiary/aromatic N) is 5. The number of anilines is 1. The number of rotatable bonds is 2. The van der Waals surface area contributed by atoms with Crippen LogP contribution in [0.25, 0.3) is 11.0 Å². The van der Waals surface area contributed by atoms with Crippen LogP contribution in [0.1, 0.15) is 25.0 Å². The van der Waals surface area contributed by atoms with Gasteiger partial charge < -0.3 is 19.3 Å². The quantitative estimate of drug-likeness (QED) is 0.708. The van der Waals surface area contributed by atoms with Crippen molar-refractivity contribution >= 4 is 34.1 Å². The van der Waals surface area contributed by atoms with Crippen LogP contribution in [0.4, 0.5) is 5.82 Å². The van der Waals surface area contributed by atoms with E-state index in [-0.39, 0.29) is 5.54 Å². The molecule has 1 aliphatic carbocycles. The van der Waals surface area contributed by atoms with E-state index in [2.05, 4.69) is 29.9 Å². The first-order valence-corrected chi connectivity index (χ1v) is 8.93. The third-order valence-electron chi connectivity index (χ3n) is 5.22. The van der Waals surface area contributed by atoms with E-state index in [1.165, 1.54) is 0 Å². The van der Waals surface area contributed by atoms with Gasteiger partial charge in [0.05, 0.1) is 17.1 Å². The number of fused-ring (bicyclic) bond motifs is 1. The van der Waals surface area contributed by atoms with E-state index in [1.807, 2.05) is 18.3 Å². The molecule has 0 aromatic carbocycles. The Kier molecular flexibility index (Phi) is 3.27. The lowest BCUT2D eigenvalue weighted by atomic mass is 10.2. The average molecular weight is 354 g/mol. The van der Waals surface area contributed by atoms with E-state index < -0.39 is 0 Å². The van der Waals surface area contributed by atoms with Crippen molar-refractivity contribution in [2.75, 3.05) is 24.5 Å². The Labute approximate surface area is 150 Å². The number of nitrogens with one attached hydrogen (secondary N) is 1. The highest BCUT2D eigenvalue weighted by Gasteiger charge is 2.51. The van der Waals surface area contributed by atoms with Crippen molar-refractivity contribution in [1.29, 1.82) is 0 Å². The lowest BCUT2D eigenvalue weighted by Crippen LogP contribution is -2.46. The second kappa shape index (κ2) is 5.52. The summed E-state index contributed by atoms with van der Waals surface area (Å²) < 4.78 is 5.30. The third kappa shape index (κ3) is 2.39. The van der Waals surface area contributed by atoms with Gasteiger partial charge in [-0.15, -0.1) is 0 Å². The van der Waals surface area contributed by atoms with Crippen LogP contribution in [0.2, 0.25) is 0 Å². The predicted octanol–water partition coefficient (Wildman–Crippen LogP) is 2.37. The number of aromatic amines is 1. The first kappa shape index (κ1) is 14.8. The molecule has 1 saturated heterocycles. The van der Waals surface area contributed by atoms with Crippen molar-refractivity contribution in [3.63, 3.8) is 0 Å². The molecule has 1 spiro atoms. The zero-order valence-corrected chi connectivity index (χ0v) is 14.5. The largest absolute Gasteiger partial charge is 0.354 e. The highest BCUT2D eigenvalue weighted by molar-refractivity contribution is 7.80. The number of hydrogen-bond donors (Lipinski definition) is 1. The predicted molar refractivity (Wildman–Crippen MR) is 97.6 cm³/mol. The SMILES string of the molecule is S=C(c1ccno1)N1CCCN(c2ncnc3[nH]ccc23)CC12CC2. The Balaban J connectivity index is 1.47. The van der Waals surface area contributed by atoms with Gasteiger partial charge in [0.1, 0.15) is 22.8 Å². The van der Waals surface area contributed by atoms with E-state index in [4.69, 9.17) is 16.7 Å². The van der Waals surface area contributed by atoms with Gasteiger partial charge in [-0.05, 0) is 25.3 Å². The zero-order chi connectivity index (χ0) is 16.9. The fourth-order valence-corrected chi connectivity index (χ4v) is 4.21. The molecule has 4 heterocycles. The van der Waals surface area contributed by atoms with E-state index in [0.29, 0.717) is 5.76 Å². The Morgan fingerprint density at radius 2 is 2.16 bits per heavy atom. The molecule has 0 bridgehead atoms. The molecule has 1 aliphatic heterocycles. The molecule has 2 fully saturated rings. The summed E-state index contributed by atoms with van der Waals surface area (Å²) in [5.74, 6) is 1.69. The maximum Gasteiger partial charge on any atom is 0.194 e. The van der Waals surface area contributed by atoms with E-state index in [1.54, 1.807) is 12.5 Å². The fourth-order valence-electron chi connectivity index (χ4n) is 3.82. The average Bonchev–Trinajstić information content (AvgIpc) is 3.05. The summed E-state index contributed by atoms with van der Waals surface area (Å²) in [4.78, 5) is 17.5. The summed E-state index contributed by atoms with van der Waals surface area (Å²) in [6, 6.07) is 3.89. The molecule has 1 N–H and O–H groups in total. The fraction of sp³-hybridized carbons (Fsp3) is 0.412. The molecule has 2 aliphatic rings. The molecule has 25 heavy (non-hydrogen) atoms. The standard InChI is InChI=1S/C17H18N6OS/c25-16(13-3-7-21-24-13)23-9-1-8-22(10-17(23)4-5-17)15-12-2-6-18-14(12)19-11-20-15/h2-3,6-7,11H,1,4-5,8-10H2,(H,18,19,20). The van der Waals surface area contributed by atoms with Gasteiger partial charge in [-0.1, -0.05) is 17.4 Å². The lowest BCUT2D eigenvalue weighted by Gasteiger charge is -2.33. The highest BCUT2D eigenvalue weighted by Crippen LogP contribution is 2.45. The summed E-state index contributed by atoms with van der Waals surface area (Å²) in [5, 5.41) is 4.87. The van der Waals surface area contributed by atoms with Crippen LogP contribution in [0.5, 0.6) is 0 Å². The lowest BCUT2D eigenvalue weighted by molar-refractivity contribution is 0.307. The molecule has 5 rings (SSSR count). The molecule has 0 radical (unpaired) electrons. The monoisotopic (exact) mass is 354 g/mol. The molecule has 0 atom stereocenters. The van der Waals surface area contributed by atoms with E-state index in [0.717, 1.165) is 60.7 Å². The molecule has 3 aromatic heterocycles. The van der Waals surface area contributed by atoms with Gasteiger partial charge in [0.15, 0.2) is 5.76 Å². The highest BCUT2D eigenvalue weighted by atomic mass is 32.1. The van der Waals surface area contributed by atoms with Crippen LogP contribution in [-0.2, 0) is 0 Å². The van der Waals surface area contributed by atoms with Crippen LogP contribution in [0, 0.1) is 0 Å². The Hall–Kier alpha value is -2.48. The Morgan fingerprint density at radius 1 is 1.24 bits per heavy atom. The zero-order valence-electron chi connectivity index (χ0n) is 13.7. The van der Waals surface area contributed by atoms with Crippen LogP contribution in [0.3, 0.4) is 0 Å². The molecule has 7 nitrogen and oxygen atoms in total. The van der Waals surface area contributed by atoms with E-state index >= 15 is 0 Å². The summed E-state index contributed by atoms with van der Waals surface area (Å²) in [6.45, 7) is 2.80. The Bertz CT molecular complexity index is 916. The molecule has 0 amide bonds. The topological polar surface area (TPSA) is 74.1 Å². The van der Waals surface area contributed by atoms with Crippen molar-refractivity contribution in [3.8, 4) is 0 Å². The van der Waals surface area contributed by atoms with Crippen LogP contribution in [-0.4, -0.2) is 55.2 Å².